The minimum atomic E-state index is -0.378. The lowest BCUT2D eigenvalue weighted by molar-refractivity contribution is -0.133. The topological polar surface area (TPSA) is 86.3 Å². The smallest absolute Gasteiger partial charge is 0.251 e. The van der Waals surface area contributed by atoms with Gasteiger partial charge >= 0.3 is 0 Å². The summed E-state index contributed by atoms with van der Waals surface area (Å²) in [7, 11) is 4.79. The molecule has 8 heteroatoms. The molecule has 1 atom stereocenters. The first-order valence-electron chi connectivity index (χ1n) is 11.7. The Morgan fingerprint density at radius 1 is 0.889 bits per heavy atom. The molecular formula is C28H30N2O6. The zero-order valence-electron chi connectivity index (χ0n) is 20.7. The molecule has 4 rings (SSSR count). The fraction of sp³-hybridized carbons (Fsp3) is 0.286. The number of amides is 2. The first-order chi connectivity index (χ1) is 17.5. The fourth-order valence-corrected chi connectivity index (χ4v) is 4.30. The monoisotopic (exact) mass is 490 g/mol. The largest absolute Gasteiger partial charge is 0.497 e. The summed E-state index contributed by atoms with van der Waals surface area (Å²) in [4.78, 5) is 27.5. The van der Waals surface area contributed by atoms with Crippen LogP contribution < -0.4 is 24.3 Å². The van der Waals surface area contributed by atoms with Crippen LogP contribution in [-0.2, 0) is 11.2 Å². The SMILES string of the molecule is COc1ccc(OCC2c3cc(OC)c(OC)cc3CCN2C(=O)CNC(=O)c2ccccc2)cc1. The lowest BCUT2D eigenvalue weighted by Gasteiger charge is -2.37. The van der Waals surface area contributed by atoms with Gasteiger partial charge in [-0.1, -0.05) is 18.2 Å². The summed E-state index contributed by atoms with van der Waals surface area (Å²) in [5, 5.41) is 2.74. The maximum atomic E-state index is 13.3. The second-order valence-electron chi connectivity index (χ2n) is 8.29. The van der Waals surface area contributed by atoms with Gasteiger partial charge in [0.2, 0.25) is 5.91 Å². The molecule has 0 aliphatic carbocycles. The molecule has 8 nitrogen and oxygen atoms in total. The molecule has 36 heavy (non-hydrogen) atoms. The Balaban J connectivity index is 1.56. The Kier molecular flexibility index (Phi) is 7.95. The second-order valence-corrected chi connectivity index (χ2v) is 8.29. The molecule has 0 fully saturated rings. The van der Waals surface area contributed by atoms with Crippen molar-refractivity contribution in [3.05, 3.63) is 83.4 Å². The number of hydrogen-bond acceptors (Lipinski definition) is 6. The summed E-state index contributed by atoms with van der Waals surface area (Å²) in [6, 6.07) is 19.6. The van der Waals surface area contributed by atoms with Crippen molar-refractivity contribution in [2.45, 2.75) is 12.5 Å². The van der Waals surface area contributed by atoms with Crippen LogP contribution in [0, 0.1) is 0 Å². The zero-order chi connectivity index (χ0) is 25.5. The lowest BCUT2D eigenvalue weighted by atomic mass is 9.92. The summed E-state index contributed by atoms with van der Waals surface area (Å²) >= 11 is 0. The van der Waals surface area contributed by atoms with Crippen LogP contribution in [0.3, 0.4) is 0 Å². The lowest BCUT2D eigenvalue weighted by Crippen LogP contribution is -2.46. The van der Waals surface area contributed by atoms with Gasteiger partial charge in [0, 0.05) is 12.1 Å². The van der Waals surface area contributed by atoms with E-state index in [0.29, 0.717) is 35.8 Å². The number of ether oxygens (including phenoxy) is 4. The predicted octanol–water partition coefficient (Wildman–Crippen LogP) is 3.65. The maximum Gasteiger partial charge on any atom is 0.251 e. The van der Waals surface area contributed by atoms with Gasteiger partial charge in [0.15, 0.2) is 11.5 Å². The van der Waals surface area contributed by atoms with Gasteiger partial charge in [-0.15, -0.1) is 0 Å². The third kappa shape index (κ3) is 5.54. The molecule has 2 amide bonds. The fourth-order valence-electron chi connectivity index (χ4n) is 4.30. The van der Waals surface area contributed by atoms with Gasteiger partial charge in [-0.2, -0.15) is 0 Å². The molecule has 0 radical (unpaired) electrons. The molecule has 0 aromatic heterocycles. The van der Waals surface area contributed by atoms with Crippen molar-refractivity contribution in [1.29, 1.82) is 0 Å². The van der Waals surface area contributed by atoms with Crippen molar-refractivity contribution in [3.63, 3.8) is 0 Å². The van der Waals surface area contributed by atoms with E-state index in [1.807, 2.05) is 42.5 Å². The Bertz CT molecular complexity index is 1200. The van der Waals surface area contributed by atoms with Gasteiger partial charge in [0.25, 0.3) is 5.91 Å². The number of rotatable bonds is 9. The van der Waals surface area contributed by atoms with Crippen LogP contribution in [0.25, 0.3) is 0 Å². The molecule has 1 aliphatic heterocycles. The van der Waals surface area contributed by atoms with Crippen LogP contribution in [0.4, 0.5) is 0 Å². The highest BCUT2D eigenvalue weighted by Crippen LogP contribution is 2.38. The van der Waals surface area contributed by atoms with Crippen molar-refractivity contribution in [2.24, 2.45) is 0 Å². The van der Waals surface area contributed by atoms with E-state index in [1.165, 1.54) is 0 Å². The van der Waals surface area contributed by atoms with E-state index in [-0.39, 0.29) is 31.0 Å². The summed E-state index contributed by atoms with van der Waals surface area (Å²) in [6.07, 6.45) is 0.646. The molecule has 0 bridgehead atoms. The third-order valence-corrected chi connectivity index (χ3v) is 6.23. The van der Waals surface area contributed by atoms with Crippen LogP contribution in [0.2, 0.25) is 0 Å². The van der Waals surface area contributed by atoms with Crippen molar-refractivity contribution < 1.29 is 28.5 Å². The molecule has 0 saturated carbocycles. The van der Waals surface area contributed by atoms with Crippen molar-refractivity contribution in [2.75, 3.05) is 41.0 Å². The molecule has 0 saturated heterocycles. The van der Waals surface area contributed by atoms with Gasteiger partial charge < -0.3 is 29.2 Å². The quantitative estimate of drug-likeness (QED) is 0.493. The number of carbonyl (C=O) groups is 2. The van der Waals surface area contributed by atoms with Gasteiger partial charge in [-0.25, -0.2) is 0 Å². The maximum absolute atomic E-state index is 13.3. The summed E-state index contributed by atoms with van der Waals surface area (Å²) in [6.45, 7) is 0.599. The number of nitrogens with zero attached hydrogens (tertiary/aromatic N) is 1. The summed E-state index contributed by atoms with van der Waals surface area (Å²) < 4.78 is 22.3. The molecule has 1 heterocycles. The number of nitrogens with one attached hydrogen (secondary N) is 1. The van der Waals surface area contributed by atoms with E-state index in [2.05, 4.69) is 5.32 Å². The zero-order valence-corrected chi connectivity index (χ0v) is 20.7. The van der Waals surface area contributed by atoms with E-state index in [0.717, 1.165) is 16.9 Å². The Morgan fingerprint density at radius 3 is 2.22 bits per heavy atom. The van der Waals surface area contributed by atoms with E-state index >= 15 is 0 Å². The van der Waals surface area contributed by atoms with E-state index < -0.39 is 0 Å². The van der Waals surface area contributed by atoms with E-state index in [1.54, 1.807) is 50.5 Å². The molecule has 1 unspecified atom stereocenters. The molecule has 3 aromatic carbocycles. The normalized spacial score (nSPS) is 14.4. The average molecular weight is 491 g/mol. The van der Waals surface area contributed by atoms with E-state index in [4.69, 9.17) is 18.9 Å². The number of hydrogen-bond donors (Lipinski definition) is 1. The van der Waals surface area contributed by atoms with Crippen LogP contribution in [-0.4, -0.2) is 57.7 Å². The highest BCUT2D eigenvalue weighted by Gasteiger charge is 2.33. The van der Waals surface area contributed by atoms with Crippen molar-refractivity contribution in [3.8, 4) is 23.0 Å². The van der Waals surface area contributed by atoms with Gasteiger partial charge in [-0.3, -0.25) is 9.59 Å². The summed E-state index contributed by atoms with van der Waals surface area (Å²) in [5.74, 6) is 2.13. The molecule has 0 spiro atoms. The first-order valence-corrected chi connectivity index (χ1v) is 11.7. The standard InChI is InChI=1S/C28H30N2O6/c1-33-21-9-11-22(12-10-21)36-18-24-23-16-26(35-3)25(34-2)15-20(23)13-14-30(24)27(31)17-29-28(32)19-7-5-4-6-8-19/h4-12,15-16,24H,13-14,17-18H2,1-3H3,(H,29,32). The van der Waals surface area contributed by atoms with Crippen LogP contribution in [0.1, 0.15) is 27.5 Å². The van der Waals surface area contributed by atoms with E-state index in [9.17, 15) is 9.59 Å². The third-order valence-electron chi connectivity index (χ3n) is 6.23. The van der Waals surface area contributed by atoms with Gasteiger partial charge in [-0.05, 0) is 66.1 Å². The minimum Gasteiger partial charge on any atom is -0.497 e. The van der Waals surface area contributed by atoms with Crippen molar-refractivity contribution in [1.82, 2.24) is 10.2 Å². The van der Waals surface area contributed by atoms with Gasteiger partial charge in [0.1, 0.15) is 18.1 Å². The second kappa shape index (κ2) is 11.5. The number of benzene rings is 3. The molecule has 1 N–H and O–H groups in total. The van der Waals surface area contributed by atoms with Crippen molar-refractivity contribution >= 4 is 11.8 Å². The Labute approximate surface area is 210 Å². The van der Waals surface area contributed by atoms with Crippen LogP contribution in [0.15, 0.2) is 66.7 Å². The molecule has 188 valence electrons. The molecular weight excluding hydrogens is 460 g/mol. The highest BCUT2D eigenvalue weighted by molar-refractivity contribution is 5.96. The Morgan fingerprint density at radius 2 is 1.56 bits per heavy atom. The first kappa shape index (κ1) is 24.9. The highest BCUT2D eigenvalue weighted by atomic mass is 16.5. The van der Waals surface area contributed by atoms with Crippen LogP contribution in [0.5, 0.6) is 23.0 Å². The average Bonchev–Trinajstić information content (AvgIpc) is 2.94. The number of carbonyl (C=O) groups excluding carboxylic acids is 2. The minimum absolute atomic E-state index is 0.116. The molecule has 3 aromatic rings. The van der Waals surface area contributed by atoms with Gasteiger partial charge in [0.05, 0.1) is 33.9 Å². The molecule has 1 aliphatic rings. The van der Waals surface area contributed by atoms with Crippen LogP contribution >= 0.6 is 0 Å². The number of fused-ring (bicyclic) bond motifs is 1. The summed E-state index contributed by atoms with van der Waals surface area (Å²) in [5.41, 5.74) is 2.49. The number of methoxy groups -OCH3 is 3. The predicted molar refractivity (Wildman–Crippen MR) is 135 cm³/mol. The Hall–Kier alpha value is -4.20.